The van der Waals surface area contributed by atoms with Gasteiger partial charge < -0.3 is 15.6 Å². The smallest absolute Gasteiger partial charge is 0.246 e. The molecule has 0 aliphatic carbocycles. The Labute approximate surface area is 109 Å². The highest BCUT2D eigenvalue weighted by Gasteiger charge is 2.27. The summed E-state index contributed by atoms with van der Waals surface area (Å²) in [6.07, 6.45) is 0.965. The van der Waals surface area contributed by atoms with Crippen LogP contribution >= 0.6 is 0 Å². The average molecular weight is 258 g/mol. The molecule has 2 heterocycles. The van der Waals surface area contributed by atoms with Gasteiger partial charge in [-0.1, -0.05) is 0 Å². The van der Waals surface area contributed by atoms with E-state index < -0.39 is 6.04 Å². The van der Waals surface area contributed by atoms with Gasteiger partial charge in [-0.05, 0) is 31.5 Å². The van der Waals surface area contributed by atoms with Crippen molar-refractivity contribution in [2.24, 2.45) is 0 Å². The van der Waals surface area contributed by atoms with E-state index in [9.17, 15) is 9.59 Å². The molecule has 1 aromatic heterocycles. The Bertz CT molecular complexity index is 662. The van der Waals surface area contributed by atoms with E-state index in [0.29, 0.717) is 18.5 Å². The van der Waals surface area contributed by atoms with Gasteiger partial charge >= 0.3 is 0 Å². The zero-order valence-electron chi connectivity index (χ0n) is 10.5. The number of aromatic nitrogens is 2. The number of fused-ring (bicyclic) bond motifs is 1. The average Bonchev–Trinajstić information content (AvgIpc) is 2.93. The molecular formula is C13H14N4O2. The minimum atomic E-state index is -0.424. The standard InChI is InChI=1S/C13H14N4O2/c1-7-14-9-3-2-8(6-11(9)15-7)16-13(19)10-4-5-12(18)17-10/h2-3,6,10H,4-5H2,1H3,(H,14,15)(H,16,19)(H,17,18). The predicted molar refractivity (Wildman–Crippen MR) is 70.6 cm³/mol. The van der Waals surface area contributed by atoms with E-state index in [4.69, 9.17) is 0 Å². The Morgan fingerprint density at radius 3 is 3.05 bits per heavy atom. The lowest BCUT2D eigenvalue weighted by atomic mass is 10.2. The molecule has 1 aromatic carbocycles. The van der Waals surface area contributed by atoms with Crippen LogP contribution in [0.1, 0.15) is 18.7 Å². The molecule has 3 N–H and O–H groups in total. The molecule has 0 spiro atoms. The predicted octanol–water partition coefficient (Wildman–Crippen LogP) is 1.09. The van der Waals surface area contributed by atoms with Gasteiger partial charge in [0.05, 0.1) is 11.0 Å². The Balaban J connectivity index is 1.77. The van der Waals surface area contributed by atoms with Crippen LogP contribution in [0.4, 0.5) is 5.69 Å². The topological polar surface area (TPSA) is 86.9 Å². The van der Waals surface area contributed by atoms with Crippen LogP contribution in [0, 0.1) is 6.92 Å². The van der Waals surface area contributed by atoms with Crippen LogP contribution in [0.15, 0.2) is 18.2 Å². The maximum Gasteiger partial charge on any atom is 0.246 e. The highest BCUT2D eigenvalue weighted by atomic mass is 16.2. The molecule has 19 heavy (non-hydrogen) atoms. The fourth-order valence-corrected chi connectivity index (χ4v) is 2.26. The van der Waals surface area contributed by atoms with Crippen molar-refractivity contribution in [1.29, 1.82) is 0 Å². The Hall–Kier alpha value is -2.37. The van der Waals surface area contributed by atoms with Crippen molar-refractivity contribution < 1.29 is 9.59 Å². The second-order valence-electron chi connectivity index (χ2n) is 4.70. The lowest BCUT2D eigenvalue weighted by Gasteiger charge is -2.10. The van der Waals surface area contributed by atoms with Crippen LogP contribution in [-0.4, -0.2) is 27.8 Å². The van der Waals surface area contributed by atoms with Crippen molar-refractivity contribution in [1.82, 2.24) is 15.3 Å². The molecule has 1 aliphatic rings. The van der Waals surface area contributed by atoms with Crippen molar-refractivity contribution in [3.8, 4) is 0 Å². The van der Waals surface area contributed by atoms with Gasteiger partial charge in [-0.25, -0.2) is 4.98 Å². The number of H-pyrrole nitrogens is 1. The highest BCUT2D eigenvalue weighted by molar-refractivity contribution is 5.99. The summed E-state index contributed by atoms with van der Waals surface area (Å²) >= 11 is 0. The minimum absolute atomic E-state index is 0.0696. The molecule has 1 atom stereocenters. The molecule has 0 saturated carbocycles. The summed E-state index contributed by atoms with van der Waals surface area (Å²) in [6, 6.07) is 5.06. The first kappa shape index (κ1) is 11.7. The number of hydrogen-bond donors (Lipinski definition) is 3. The van der Waals surface area contributed by atoms with Gasteiger partial charge in [0.2, 0.25) is 11.8 Å². The van der Waals surface area contributed by atoms with E-state index in [0.717, 1.165) is 16.9 Å². The van der Waals surface area contributed by atoms with E-state index in [1.165, 1.54) is 0 Å². The van der Waals surface area contributed by atoms with Gasteiger partial charge in [-0.2, -0.15) is 0 Å². The number of amides is 2. The number of imidazole rings is 1. The number of aromatic amines is 1. The second kappa shape index (κ2) is 4.38. The second-order valence-corrected chi connectivity index (χ2v) is 4.70. The van der Waals surface area contributed by atoms with Crippen LogP contribution in [0.3, 0.4) is 0 Å². The number of benzene rings is 1. The molecule has 1 aliphatic heterocycles. The summed E-state index contributed by atoms with van der Waals surface area (Å²) in [4.78, 5) is 30.4. The SMILES string of the molecule is Cc1nc2ccc(NC(=O)C3CCC(=O)N3)cc2[nH]1. The molecule has 6 nitrogen and oxygen atoms in total. The van der Waals surface area contributed by atoms with Crippen molar-refractivity contribution >= 4 is 28.5 Å². The van der Waals surface area contributed by atoms with Gasteiger partial charge in [0.25, 0.3) is 0 Å². The van der Waals surface area contributed by atoms with Gasteiger partial charge in [0.15, 0.2) is 0 Å². The third kappa shape index (κ3) is 2.29. The van der Waals surface area contributed by atoms with Crippen LogP contribution < -0.4 is 10.6 Å². The largest absolute Gasteiger partial charge is 0.344 e. The summed E-state index contributed by atoms with van der Waals surface area (Å²) in [7, 11) is 0. The lowest BCUT2D eigenvalue weighted by Crippen LogP contribution is -2.37. The quantitative estimate of drug-likeness (QED) is 0.753. The first-order valence-electron chi connectivity index (χ1n) is 6.18. The number of carbonyl (C=O) groups is 2. The fourth-order valence-electron chi connectivity index (χ4n) is 2.26. The molecule has 6 heteroatoms. The van der Waals surface area contributed by atoms with Gasteiger partial charge in [-0.15, -0.1) is 0 Å². The van der Waals surface area contributed by atoms with Gasteiger partial charge in [-0.3, -0.25) is 9.59 Å². The van der Waals surface area contributed by atoms with Crippen molar-refractivity contribution in [2.75, 3.05) is 5.32 Å². The van der Waals surface area contributed by atoms with Crippen LogP contribution in [0.2, 0.25) is 0 Å². The van der Waals surface area contributed by atoms with Gasteiger partial charge in [0, 0.05) is 12.1 Å². The minimum Gasteiger partial charge on any atom is -0.344 e. The molecule has 0 radical (unpaired) electrons. The van der Waals surface area contributed by atoms with Crippen LogP contribution in [-0.2, 0) is 9.59 Å². The maximum atomic E-state index is 11.9. The lowest BCUT2D eigenvalue weighted by molar-refractivity contribution is -0.122. The van der Waals surface area contributed by atoms with Crippen molar-refractivity contribution in [3.05, 3.63) is 24.0 Å². The number of carbonyl (C=O) groups excluding carboxylic acids is 2. The summed E-state index contributed by atoms with van der Waals surface area (Å²) in [5.41, 5.74) is 2.44. The number of rotatable bonds is 2. The first-order valence-corrected chi connectivity index (χ1v) is 6.18. The summed E-state index contributed by atoms with van der Waals surface area (Å²) in [6.45, 7) is 1.88. The summed E-state index contributed by atoms with van der Waals surface area (Å²) in [5.74, 6) is 0.586. The number of hydrogen-bond acceptors (Lipinski definition) is 3. The van der Waals surface area contributed by atoms with Crippen molar-refractivity contribution in [3.63, 3.8) is 0 Å². The Morgan fingerprint density at radius 1 is 1.47 bits per heavy atom. The maximum absolute atomic E-state index is 11.9. The summed E-state index contributed by atoms with van der Waals surface area (Å²) < 4.78 is 0. The molecule has 0 bridgehead atoms. The van der Waals surface area contributed by atoms with Crippen LogP contribution in [0.25, 0.3) is 11.0 Å². The van der Waals surface area contributed by atoms with Crippen molar-refractivity contribution in [2.45, 2.75) is 25.8 Å². The number of nitrogens with zero attached hydrogens (tertiary/aromatic N) is 1. The van der Waals surface area contributed by atoms with E-state index in [-0.39, 0.29) is 11.8 Å². The Morgan fingerprint density at radius 2 is 2.32 bits per heavy atom. The first-order chi connectivity index (χ1) is 9.11. The third-order valence-electron chi connectivity index (χ3n) is 3.18. The van der Waals surface area contributed by atoms with Gasteiger partial charge in [0.1, 0.15) is 11.9 Å². The number of aryl methyl sites for hydroxylation is 1. The monoisotopic (exact) mass is 258 g/mol. The molecule has 2 amide bonds. The van der Waals surface area contributed by atoms with Crippen LogP contribution in [0.5, 0.6) is 0 Å². The molecule has 3 rings (SSSR count). The summed E-state index contributed by atoms with van der Waals surface area (Å²) in [5, 5.41) is 5.45. The molecule has 1 fully saturated rings. The third-order valence-corrected chi connectivity index (χ3v) is 3.18. The zero-order valence-corrected chi connectivity index (χ0v) is 10.5. The molecular weight excluding hydrogens is 244 g/mol. The molecule has 98 valence electrons. The normalized spacial score (nSPS) is 18.6. The number of nitrogens with one attached hydrogen (secondary N) is 3. The molecule has 1 unspecified atom stereocenters. The Kier molecular flexibility index (Phi) is 2.70. The van der Waals surface area contributed by atoms with E-state index in [2.05, 4.69) is 20.6 Å². The molecule has 2 aromatic rings. The van der Waals surface area contributed by atoms with E-state index in [1.807, 2.05) is 19.1 Å². The number of anilines is 1. The highest BCUT2D eigenvalue weighted by Crippen LogP contribution is 2.18. The fraction of sp³-hybridized carbons (Fsp3) is 0.308. The van der Waals surface area contributed by atoms with E-state index in [1.54, 1.807) is 6.07 Å². The molecule has 1 saturated heterocycles. The van der Waals surface area contributed by atoms with E-state index >= 15 is 0 Å². The zero-order chi connectivity index (χ0) is 13.4.